The number of hydrogen-bond acceptors (Lipinski definition) is 4. The van der Waals surface area contributed by atoms with Crippen LogP contribution in [0.1, 0.15) is 36.7 Å². The Morgan fingerprint density at radius 3 is 2.70 bits per heavy atom. The highest BCUT2D eigenvalue weighted by Crippen LogP contribution is 2.23. The molecular weight excluding hydrogens is 290 g/mol. The van der Waals surface area contributed by atoms with Crippen molar-refractivity contribution in [2.24, 2.45) is 0 Å². The molecule has 0 saturated heterocycles. The number of methoxy groups -OCH3 is 1. The van der Waals surface area contributed by atoms with Crippen LogP contribution in [0.3, 0.4) is 0 Å². The second-order valence-electron chi connectivity index (χ2n) is 5.22. The number of benzene rings is 1. The normalized spacial score (nSPS) is 10.2. The summed E-state index contributed by atoms with van der Waals surface area (Å²) in [4.78, 5) is 16.5. The first-order valence-corrected chi connectivity index (χ1v) is 7.89. The van der Waals surface area contributed by atoms with E-state index in [-0.39, 0.29) is 5.91 Å². The van der Waals surface area contributed by atoms with Gasteiger partial charge in [-0.05, 0) is 30.7 Å². The number of carbonyl (C=O) groups is 1. The molecule has 0 bridgehead atoms. The highest BCUT2D eigenvalue weighted by atomic mass is 16.5. The van der Waals surface area contributed by atoms with Gasteiger partial charge in [-0.1, -0.05) is 31.9 Å². The number of rotatable bonds is 8. The molecule has 1 amide bonds. The van der Waals surface area contributed by atoms with Crippen LogP contribution in [0, 0.1) is 0 Å². The van der Waals surface area contributed by atoms with Crippen molar-refractivity contribution in [1.29, 1.82) is 0 Å². The van der Waals surface area contributed by atoms with E-state index in [1.54, 1.807) is 31.5 Å². The van der Waals surface area contributed by atoms with Gasteiger partial charge in [0, 0.05) is 6.54 Å². The van der Waals surface area contributed by atoms with E-state index >= 15 is 0 Å². The predicted octanol–water partition coefficient (Wildman–Crippen LogP) is 3.94. The number of nitrogens with one attached hydrogen (secondary N) is 2. The van der Waals surface area contributed by atoms with Crippen LogP contribution in [-0.2, 0) is 0 Å². The Morgan fingerprint density at radius 2 is 2.00 bits per heavy atom. The van der Waals surface area contributed by atoms with Gasteiger partial charge in [-0.3, -0.25) is 4.79 Å². The molecule has 0 saturated carbocycles. The number of carbonyl (C=O) groups excluding carboxylic acids is 1. The third kappa shape index (κ3) is 4.98. The van der Waals surface area contributed by atoms with Gasteiger partial charge in [0.2, 0.25) is 0 Å². The Balaban J connectivity index is 1.94. The Morgan fingerprint density at radius 1 is 1.17 bits per heavy atom. The van der Waals surface area contributed by atoms with Crippen molar-refractivity contribution in [3.63, 3.8) is 0 Å². The van der Waals surface area contributed by atoms with Crippen LogP contribution in [0.4, 0.5) is 11.4 Å². The van der Waals surface area contributed by atoms with Crippen LogP contribution in [0.2, 0.25) is 0 Å². The molecule has 0 spiro atoms. The minimum atomic E-state index is -0.257. The second-order valence-corrected chi connectivity index (χ2v) is 5.22. The molecule has 1 aromatic carbocycles. The zero-order valence-corrected chi connectivity index (χ0v) is 13.6. The zero-order chi connectivity index (χ0) is 16.5. The number of ether oxygens (including phenoxy) is 1. The first-order chi connectivity index (χ1) is 11.2. The average Bonchev–Trinajstić information content (AvgIpc) is 2.59. The van der Waals surface area contributed by atoms with Crippen LogP contribution in [0.25, 0.3) is 0 Å². The molecule has 0 atom stereocenters. The summed E-state index contributed by atoms with van der Waals surface area (Å²) >= 11 is 0. The number of anilines is 2. The molecule has 2 N–H and O–H groups in total. The third-order valence-electron chi connectivity index (χ3n) is 3.46. The van der Waals surface area contributed by atoms with Crippen molar-refractivity contribution in [3.05, 3.63) is 48.3 Å². The van der Waals surface area contributed by atoms with E-state index in [1.165, 1.54) is 12.8 Å². The number of nitrogens with zero attached hydrogens (tertiary/aromatic N) is 1. The topological polar surface area (TPSA) is 63.2 Å². The minimum Gasteiger partial charge on any atom is -0.495 e. The van der Waals surface area contributed by atoms with Gasteiger partial charge in [-0.2, -0.15) is 0 Å². The quantitative estimate of drug-likeness (QED) is 0.724. The molecule has 0 aliphatic rings. The number of para-hydroxylation sites is 2. The third-order valence-corrected chi connectivity index (χ3v) is 3.46. The summed E-state index contributed by atoms with van der Waals surface area (Å²) in [6, 6.07) is 10.9. The van der Waals surface area contributed by atoms with Crippen LogP contribution < -0.4 is 15.4 Å². The van der Waals surface area contributed by atoms with Gasteiger partial charge >= 0.3 is 0 Å². The molecule has 0 aliphatic carbocycles. The highest BCUT2D eigenvalue weighted by molar-refractivity contribution is 6.03. The number of amides is 1. The van der Waals surface area contributed by atoms with Crippen LogP contribution in [0.5, 0.6) is 5.75 Å². The van der Waals surface area contributed by atoms with Crippen LogP contribution >= 0.6 is 0 Å². The lowest BCUT2D eigenvalue weighted by atomic mass is 10.2. The SMILES string of the molecule is CCCCCNc1ccc(C(=O)Nc2ccccc2OC)nc1. The summed E-state index contributed by atoms with van der Waals surface area (Å²) in [5.74, 6) is 0.363. The monoisotopic (exact) mass is 313 g/mol. The first-order valence-electron chi connectivity index (χ1n) is 7.89. The van der Waals surface area contributed by atoms with Crippen LogP contribution in [-0.4, -0.2) is 24.5 Å². The summed E-state index contributed by atoms with van der Waals surface area (Å²) in [7, 11) is 1.57. The van der Waals surface area contributed by atoms with Crippen molar-refractivity contribution >= 4 is 17.3 Å². The lowest BCUT2D eigenvalue weighted by Crippen LogP contribution is -2.14. The fourth-order valence-electron chi connectivity index (χ4n) is 2.17. The van der Waals surface area contributed by atoms with Crippen molar-refractivity contribution in [2.45, 2.75) is 26.2 Å². The highest BCUT2D eigenvalue weighted by Gasteiger charge is 2.10. The molecule has 2 aromatic rings. The van der Waals surface area contributed by atoms with Crippen molar-refractivity contribution in [1.82, 2.24) is 4.98 Å². The molecule has 122 valence electrons. The standard InChI is InChI=1S/C18H23N3O2/c1-3-4-7-12-19-14-10-11-16(20-13-14)18(22)21-15-8-5-6-9-17(15)23-2/h5-6,8-11,13,19H,3-4,7,12H2,1-2H3,(H,21,22). The predicted molar refractivity (Wildman–Crippen MR) is 93.2 cm³/mol. The zero-order valence-electron chi connectivity index (χ0n) is 13.6. The van der Waals surface area contributed by atoms with E-state index in [0.29, 0.717) is 17.1 Å². The second kappa shape index (κ2) is 8.78. The first kappa shape index (κ1) is 16.8. The van der Waals surface area contributed by atoms with Crippen molar-refractivity contribution < 1.29 is 9.53 Å². The summed E-state index contributed by atoms with van der Waals surface area (Å²) in [5, 5.41) is 6.11. The molecule has 2 rings (SSSR count). The Bertz CT molecular complexity index is 626. The van der Waals surface area contributed by atoms with Gasteiger partial charge in [-0.25, -0.2) is 4.98 Å². The van der Waals surface area contributed by atoms with Crippen LogP contribution in [0.15, 0.2) is 42.6 Å². The molecule has 5 nitrogen and oxygen atoms in total. The van der Waals surface area contributed by atoms with E-state index in [0.717, 1.165) is 18.7 Å². The van der Waals surface area contributed by atoms with Crippen molar-refractivity contribution in [3.8, 4) is 5.75 Å². The van der Waals surface area contributed by atoms with E-state index in [2.05, 4.69) is 22.5 Å². The van der Waals surface area contributed by atoms with Gasteiger partial charge < -0.3 is 15.4 Å². The number of unbranched alkanes of at least 4 members (excludes halogenated alkanes) is 2. The number of pyridine rings is 1. The molecule has 0 fully saturated rings. The Labute approximate surface area is 137 Å². The summed E-state index contributed by atoms with van der Waals surface area (Å²) in [5.41, 5.74) is 1.92. The van der Waals surface area contributed by atoms with Gasteiger partial charge in [0.25, 0.3) is 5.91 Å². The largest absolute Gasteiger partial charge is 0.495 e. The van der Waals surface area contributed by atoms with Gasteiger partial charge in [0.1, 0.15) is 11.4 Å². The van der Waals surface area contributed by atoms with E-state index in [1.807, 2.05) is 18.2 Å². The number of aromatic nitrogens is 1. The molecule has 5 heteroatoms. The Hall–Kier alpha value is -2.56. The van der Waals surface area contributed by atoms with Gasteiger partial charge in [-0.15, -0.1) is 0 Å². The van der Waals surface area contributed by atoms with E-state index in [4.69, 9.17) is 4.74 Å². The summed E-state index contributed by atoms with van der Waals surface area (Å²) in [6.07, 6.45) is 5.22. The fourth-order valence-corrected chi connectivity index (χ4v) is 2.17. The minimum absolute atomic E-state index is 0.257. The fraction of sp³-hybridized carbons (Fsp3) is 0.333. The van der Waals surface area contributed by atoms with Gasteiger partial charge in [0.15, 0.2) is 0 Å². The van der Waals surface area contributed by atoms with Crippen molar-refractivity contribution in [2.75, 3.05) is 24.3 Å². The maximum Gasteiger partial charge on any atom is 0.274 e. The maximum absolute atomic E-state index is 12.2. The smallest absolute Gasteiger partial charge is 0.274 e. The van der Waals surface area contributed by atoms with E-state index in [9.17, 15) is 4.79 Å². The Kier molecular flexibility index (Phi) is 6.41. The molecule has 0 unspecified atom stereocenters. The molecule has 0 aliphatic heterocycles. The lowest BCUT2D eigenvalue weighted by Gasteiger charge is -2.10. The van der Waals surface area contributed by atoms with E-state index < -0.39 is 0 Å². The molecule has 23 heavy (non-hydrogen) atoms. The van der Waals surface area contributed by atoms with Gasteiger partial charge in [0.05, 0.1) is 24.7 Å². The molecular formula is C18H23N3O2. The maximum atomic E-state index is 12.2. The lowest BCUT2D eigenvalue weighted by molar-refractivity contribution is 0.102. The molecule has 0 radical (unpaired) electrons. The average molecular weight is 313 g/mol. The number of hydrogen-bond donors (Lipinski definition) is 2. The summed E-state index contributed by atoms with van der Waals surface area (Å²) in [6.45, 7) is 3.10. The molecule has 1 heterocycles. The summed E-state index contributed by atoms with van der Waals surface area (Å²) < 4.78 is 5.22. The molecule has 1 aromatic heterocycles.